The summed E-state index contributed by atoms with van der Waals surface area (Å²) < 4.78 is 17.6. The van der Waals surface area contributed by atoms with Gasteiger partial charge in [-0.15, -0.1) is 11.3 Å². The van der Waals surface area contributed by atoms with Crippen LogP contribution in [0.2, 0.25) is 5.02 Å². The van der Waals surface area contributed by atoms with Crippen LogP contribution in [0.25, 0.3) is 20.7 Å². The third-order valence-electron chi connectivity index (χ3n) is 5.61. The first kappa shape index (κ1) is 19.4. The number of hydrogen-bond acceptors (Lipinski definition) is 6. The number of nitrogens with zero attached hydrogens (tertiary/aromatic N) is 6. The molecule has 6 rings (SSSR count). The van der Waals surface area contributed by atoms with Crippen LogP contribution < -0.4 is 5.32 Å². The van der Waals surface area contributed by atoms with Crippen molar-refractivity contribution in [3.05, 3.63) is 71.5 Å². The number of halogens is 2. The molecule has 1 aliphatic carbocycles. The van der Waals surface area contributed by atoms with Crippen LogP contribution in [0.5, 0.6) is 0 Å². The molecule has 7 nitrogen and oxygen atoms in total. The predicted molar refractivity (Wildman–Crippen MR) is 123 cm³/mol. The van der Waals surface area contributed by atoms with E-state index in [9.17, 15) is 4.39 Å². The van der Waals surface area contributed by atoms with E-state index in [0.29, 0.717) is 11.5 Å². The summed E-state index contributed by atoms with van der Waals surface area (Å²) in [5, 5.41) is 9.18. The molecule has 0 bridgehead atoms. The quantitative estimate of drug-likeness (QED) is 0.391. The van der Waals surface area contributed by atoms with E-state index in [1.165, 1.54) is 16.5 Å². The molecule has 0 unspecified atom stereocenters. The maximum Gasteiger partial charge on any atom is 0.142 e. The van der Waals surface area contributed by atoms with Gasteiger partial charge < -0.3 is 9.88 Å². The lowest BCUT2D eigenvalue weighted by Gasteiger charge is -2.12. The molecule has 0 amide bonds. The van der Waals surface area contributed by atoms with E-state index < -0.39 is 5.82 Å². The molecule has 1 aliphatic rings. The lowest BCUT2D eigenvalue weighted by Crippen LogP contribution is -2.07. The summed E-state index contributed by atoms with van der Waals surface area (Å²) in [6.07, 6.45) is 11.0. The minimum absolute atomic E-state index is 0.0698. The zero-order chi connectivity index (χ0) is 21.7. The van der Waals surface area contributed by atoms with Crippen molar-refractivity contribution >= 4 is 44.7 Å². The van der Waals surface area contributed by atoms with Gasteiger partial charge in [0.25, 0.3) is 0 Å². The first-order valence-electron chi connectivity index (χ1n) is 10.2. The Morgan fingerprint density at radius 1 is 1.19 bits per heavy atom. The Labute approximate surface area is 191 Å². The second kappa shape index (κ2) is 7.68. The summed E-state index contributed by atoms with van der Waals surface area (Å²) in [5.41, 5.74) is 4.18. The van der Waals surface area contributed by atoms with Gasteiger partial charge in [0, 0.05) is 41.3 Å². The van der Waals surface area contributed by atoms with Gasteiger partial charge in [-0.3, -0.25) is 4.68 Å². The molecule has 10 heteroatoms. The van der Waals surface area contributed by atoms with Gasteiger partial charge in [-0.2, -0.15) is 5.10 Å². The molecular weight excluding hydrogens is 449 g/mol. The van der Waals surface area contributed by atoms with Crippen LogP contribution in [-0.4, -0.2) is 29.3 Å². The maximum absolute atomic E-state index is 13.5. The van der Waals surface area contributed by atoms with E-state index in [-0.39, 0.29) is 5.02 Å². The highest BCUT2D eigenvalue weighted by Crippen LogP contribution is 2.45. The predicted octanol–water partition coefficient (Wildman–Crippen LogP) is 5.09. The van der Waals surface area contributed by atoms with Crippen molar-refractivity contribution in [3.63, 3.8) is 0 Å². The lowest BCUT2D eigenvalue weighted by atomic mass is 9.95. The van der Waals surface area contributed by atoms with Gasteiger partial charge in [0.2, 0.25) is 0 Å². The fourth-order valence-electron chi connectivity index (χ4n) is 4.08. The second-order valence-electron chi connectivity index (χ2n) is 7.62. The number of nitrogens with one attached hydrogen (secondary N) is 1. The third kappa shape index (κ3) is 3.34. The number of rotatable bonds is 5. The van der Waals surface area contributed by atoms with Gasteiger partial charge in [-0.1, -0.05) is 11.6 Å². The van der Waals surface area contributed by atoms with E-state index in [0.717, 1.165) is 47.4 Å². The van der Waals surface area contributed by atoms with Crippen molar-refractivity contribution in [3.8, 4) is 10.4 Å². The SMILES string of the molecule is Fc1ccc(Nc2ncnc3sc4c(c23)CCc2nn(CCn3ccnc3)cc2-4)cc1Cl. The van der Waals surface area contributed by atoms with E-state index in [4.69, 9.17) is 16.7 Å². The molecule has 1 aromatic carbocycles. The topological polar surface area (TPSA) is 73.5 Å². The number of anilines is 2. The first-order valence-corrected chi connectivity index (χ1v) is 11.4. The normalized spacial score (nSPS) is 12.7. The third-order valence-corrected chi connectivity index (χ3v) is 7.07. The Bertz CT molecular complexity index is 1440. The summed E-state index contributed by atoms with van der Waals surface area (Å²) >= 11 is 7.61. The smallest absolute Gasteiger partial charge is 0.142 e. The van der Waals surface area contributed by atoms with Crippen LogP contribution >= 0.6 is 22.9 Å². The zero-order valence-electron chi connectivity index (χ0n) is 16.8. The van der Waals surface area contributed by atoms with Crippen molar-refractivity contribution in [2.24, 2.45) is 0 Å². The summed E-state index contributed by atoms with van der Waals surface area (Å²) in [5.74, 6) is 0.252. The van der Waals surface area contributed by atoms with Gasteiger partial charge in [0.15, 0.2) is 0 Å². The van der Waals surface area contributed by atoms with Crippen molar-refractivity contribution in [1.82, 2.24) is 29.3 Å². The van der Waals surface area contributed by atoms with Gasteiger partial charge in [-0.25, -0.2) is 19.3 Å². The molecule has 0 aliphatic heterocycles. The van der Waals surface area contributed by atoms with Crippen molar-refractivity contribution < 1.29 is 4.39 Å². The minimum Gasteiger partial charge on any atom is -0.340 e. The van der Waals surface area contributed by atoms with Crippen molar-refractivity contribution in [1.29, 1.82) is 0 Å². The number of hydrogen-bond donors (Lipinski definition) is 1. The van der Waals surface area contributed by atoms with Gasteiger partial charge in [0.05, 0.1) is 29.0 Å². The van der Waals surface area contributed by atoms with E-state index in [1.54, 1.807) is 36.0 Å². The minimum atomic E-state index is -0.449. The molecule has 4 aromatic heterocycles. The Balaban J connectivity index is 1.36. The summed E-state index contributed by atoms with van der Waals surface area (Å²) in [6.45, 7) is 1.60. The molecule has 160 valence electrons. The van der Waals surface area contributed by atoms with Gasteiger partial charge in [0.1, 0.15) is 22.8 Å². The average Bonchev–Trinajstić information content (AvgIpc) is 3.52. The standard InChI is InChI=1S/C22H17ClFN7S/c23-16-9-13(1-3-17(16)24)28-21-19-14-2-4-18-15(20(14)32-22(19)27-11-26-21)10-31(29-18)8-7-30-6-5-25-12-30/h1,3,5-6,9-12H,2,4,7-8H2,(H,26,27,28). The molecular formula is C22H17ClFN7S. The van der Waals surface area contributed by atoms with Crippen LogP contribution in [0.1, 0.15) is 11.3 Å². The molecule has 0 saturated heterocycles. The van der Waals surface area contributed by atoms with Crippen molar-refractivity contribution in [2.45, 2.75) is 25.9 Å². The van der Waals surface area contributed by atoms with E-state index >= 15 is 0 Å². The number of fused-ring (bicyclic) bond motifs is 5. The Morgan fingerprint density at radius 3 is 2.97 bits per heavy atom. The lowest BCUT2D eigenvalue weighted by molar-refractivity contribution is 0.528. The van der Waals surface area contributed by atoms with Crippen LogP contribution in [0, 0.1) is 5.82 Å². The second-order valence-corrected chi connectivity index (χ2v) is 9.03. The molecule has 5 aromatic rings. The highest BCUT2D eigenvalue weighted by Gasteiger charge is 2.26. The molecule has 0 fully saturated rings. The number of benzene rings is 1. The van der Waals surface area contributed by atoms with E-state index in [2.05, 4.69) is 26.5 Å². The molecule has 1 N–H and O–H groups in total. The fourth-order valence-corrected chi connectivity index (χ4v) is 5.49. The Kier molecular flexibility index (Phi) is 4.65. The highest BCUT2D eigenvalue weighted by molar-refractivity contribution is 7.22. The van der Waals surface area contributed by atoms with E-state index in [1.807, 2.05) is 21.8 Å². The molecule has 0 atom stereocenters. The molecule has 32 heavy (non-hydrogen) atoms. The summed E-state index contributed by atoms with van der Waals surface area (Å²) in [7, 11) is 0. The van der Waals surface area contributed by atoms with Gasteiger partial charge >= 0.3 is 0 Å². The number of imidazole rings is 1. The molecule has 0 saturated carbocycles. The number of thiophene rings is 1. The fraction of sp³-hybridized carbons (Fsp3) is 0.182. The van der Waals surface area contributed by atoms with Crippen LogP contribution in [0.15, 0.2) is 49.4 Å². The van der Waals surface area contributed by atoms with Crippen LogP contribution in [0.3, 0.4) is 0 Å². The summed E-state index contributed by atoms with van der Waals surface area (Å²) in [4.78, 5) is 15.2. The maximum atomic E-state index is 13.5. The number of aromatic nitrogens is 6. The summed E-state index contributed by atoms with van der Waals surface area (Å²) in [6, 6.07) is 4.55. The molecule has 0 spiro atoms. The van der Waals surface area contributed by atoms with Crippen LogP contribution in [-0.2, 0) is 25.9 Å². The molecule has 4 heterocycles. The monoisotopic (exact) mass is 465 g/mol. The average molecular weight is 466 g/mol. The highest BCUT2D eigenvalue weighted by atomic mass is 35.5. The van der Waals surface area contributed by atoms with Gasteiger partial charge in [-0.05, 0) is 36.6 Å². The first-order chi connectivity index (χ1) is 15.7. The largest absolute Gasteiger partial charge is 0.340 e. The van der Waals surface area contributed by atoms with Crippen molar-refractivity contribution in [2.75, 3.05) is 5.32 Å². The Hall–Kier alpha value is -3.30. The zero-order valence-corrected chi connectivity index (χ0v) is 18.4. The van der Waals surface area contributed by atoms with Crippen LogP contribution in [0.4, 0.5) is 15.9 Å². The molecule has 0 radical (unpaired) electrons. The number of aryl methyl sites for hydroxylation is 4. The Morgan fingerprint density at radius 2 is 2.12 bits per heavy atom.